The van der Waals surface area contributed by atoms with Crippen molar-refractivity contribution in [1.29, 1.82) is 0 Å². The molecule has 6 heteroatoms. The van der Waals surface area contributed by atoms with Crippen molar-refractivity contribution in [1.82, 2.24) is 0 Å². The predicted molar refractivity (Wildman–Crippen MR) is 103 cm³/mol. The van der Waals surface area contributed by atoms with Crippen LogP contribution in [0.25, 0.3) is 0 Å². The van der Waals surface area contributed by atoms with E-state index in [2.05, 4.69) is 28.9 Å². The normalized spacial score (nSPS) is 26.6. The molecule has 1 spiro atoms. The van der Waals surface area contributed by atoms with Crippen molar-refractivity contribution in [2.75, 3.05) is 36.1 Å². The van der Waals surface area contributed by atoms with E-state index in [9.17, 15) is 13.2 Å². The SMILES string of the molecule is CC1CCN1c1cccc(N2CC3(CCOC3)c3cc(C(F)(F)F)ccc32)c1. The fraction of sp³-hybridized carbons (Fsp3) is 0.455. The van der Waals surface area contributed by atoms with Gasteiger partial charge in [-0.25, -0.2) is 0 Å². The molecule has 3 nitrogen and oxygen atoms in total. The Kier molecular flexibility index (Phi) is 3.92. The van der Waals surface area contributed by atoms with Crippen LogP contribution in [0.2, 0.25) is 0 Å². The minimum absolute atomic E-state index is 0.364. The molecule has 2 fully saturated rings. The van der Waals surface area contributed by atoms with Crippen LogP contribution in [0.15, 0.2) is 42.5 Å². The summed E-state index contributed by atoms with van der Waals surface area (Å²) in [5, 5.41) is 0. The van der Waals surface area contributed by atoms with E-state index in [0.29, 0.717) is 25.8 Å². The Balaban J connectivity index is 1.57. The highest BCUT2D eigenvalue weighted by Gasteiger charge is 2.47. The molecule has 5 rings (SSSR count). The number of nitrogens with zero attached hydrogens (tertiary/aromatic N) is 2. The first-order valence-corrected chi connectivity index (χ1v) is 9.81. The fourth-order valence-corrected chi connectivity index (χ4v) is 4.76. The Morgan fingerprint density at radius 3 is 2.57 bits per heavy atom. The first-order valence-electron chi connectivity index (χ1n) is 9.81. The van der Waals surface area contributed by atoms with Crippen LogP contribution < -0.4 is 9.80 Å². The maximum Gasteiger partial charge on any atom is 0.416 e. The van der Waals surface area contributed by atoms with Crippen LogP contribution in [0.4, 0.5) is 30.2 Å². The molecule has 28 heavy (non-hydrogen) atoms. The van der Waals surface area contributed by atoms with E-state index in [-0.39, 0.29) is 5.41 Å². The lowest BCUT2D eigenvalue weighted by atomic mass is 9.81. The molecule has 148 valence electrons. The molecule has 0 N–H and O–H groups in total. The number of fused-ring (bicyclic) bond motifs is 2. The maximum absolute atomic E-state index is 13.3. The molecule has 0 radical (unpaired) electrons. The van der Waals surface area contributed by atoms with Gasteiger partial charge in [-0.1, -0.05) is 6.07 Å². The van der Waals surface area contributed by atoms with Crippen LogP contribution in [-0.2, 0) is 16.3 Å². The van der Waals surface area contributed by atoms with Crippen LogP contribution in [0, 0.1) is 0 Å². The summed E-state index contributed by atoms with van der Waals surface area (Å²) in [6.07, 6.45) is -2.39. The summed E-state index contributed by atoms with van der Waals surface area (Å²) in [7, 11) is 0. The highest BCUT2D eigenvalue weighted by atomic mass is 19.4. The van der Waals surface area contributed by atoms with E-state index in [4.69, 9.17) is 4.74 Å². The molecule has 3 aliphatic heterocycles. The maximum atomic E-state index is 13.3. The molecule has 0 saturated carbocycles. The van der Waals surface area contributed by atoms with Gasteiger partial charge in [-0.3, -0.25) is 0 Å². The zero-order chi connectivity index (χ0) is 19.5. The lowest BCUT2D eigenvalue weighted by Crippen LogP contribution is -2.45. The van der Waals surface area contributed by atoms with Crippen molar-refractivity contribution >= 4 is 17.1 Å². The number of ether oxygens (including phenoxy) is 1. The summed E-state index contributed by atoms with van der Waals surface area (Å²) in [4.78, 5) is 4.53. The smallest absolute Gasteiger partial charge is 0.380 e. The number of hydrogen-bond acceptors (Lipinski definition) is 3. The molecule has 3 aliphatic rings. The molecule has 2 aromatic carbocycles. The zero-order valence-corrected chi connectivity index (χ0v) is 15.8. The van der Waals surface area contributed by atoms with Gasteiger partial charge in [0.25, 0.3) is 0 Å². The Morgan fingerprint density at radius 1 is 1.11 bits per heavy atom. The number of alkyl halides is 3. The van der Waals surface area contributed by atoms with E-state index in [1.54, 1.807) is 6.07 Å². The second-order valence-corrected chi connectivity index (χ2v) is 8.25. The van der Waals surface area contributed by atoms with Gasteiger partial charge in [-0.2, -0.15) is 13.2 Å². The van der Waals surface area contributed by atoms with Gasteiger partial charge in [0, 0.05) is 48.2 Å². The molecule has 3 heterocycles. The van der Waals surface area contributed by atoms with Crippen LogP contribution in [0.1, 0.15) is 30.9 Å². The second-order valence-electron chi connectivity index (χ2n) is 8.25. The van der Waals surface area contributed by atoms with Gasteiger partial charge in [0.1, 0.15) is 0 Å². The van der Waals surface area contributed by atoms with Crippen LogP contribution in [0.5, 0.6) is 0 Å². The topological polar surface area (TPSA) is 15.7 Å². The summed E-state index contributed by atoms with van der Waals surface area (Å²) in [5.74, 6) is 0. The standard InChI is InChI=1S/C22H23F3N2O/c1-15-7-9-26(15)17-3-2-4-18(12-17)27-13-21(8-10-28-14-21)19-11-16(22(23,24)25)5-6-20(19)27/h2-6,11-12,15H,7-10,13-14H2,1H3. The third-order valence-corrected chi connectivity index (χ3v) is 6.54. The van der Waals surface area contributed by atoms with Crippen LogP contribution in [0.3, 0.4) is 0 Å². The first kappa shape index (κ1) is 17.9. The van der Waals surface area contributed by atoms with Crippen LogP contribution in [-0.4, -0.2) is 32.3 Å². The number of anilines is 3. The van der Waals surface area contributed by atoms with Crippen molar-refractivity contribution in [3.63, 3.8) is 0 Å². The first-order chi connectivity index (χ1) is 13.4. The third kappa shape index (κ3) is 2.69. The van der Waals surface area contributed by atoms with Gasteiger partial charge in [-0.15, -0.1) is 0 Å². The Hall–Kier alpha value is -2.21. The summed E-state index contributed by atoms with van der Waals surface area (Å²) in [6, 6.07) is 13.0. The second kappa shape index (κ2) is 6.14. The van der Waals surface area contributed by atoms with Gasteiger partial charge in [-0.05, 0) is 61.7 Å². The minimum Gasteiger partial charge on any atom is -0.380 e. The molecular weight excluding hydrogens is 365 g/mol. The lowest BCUT2D eigenvalue weighted by Gasteiger charge is -2.41. The lowest BCUT2D eigenvalue weighted by molar-refractivity contribution is -0.137. The molecule has 2 atom stereocenters. The fourth-order valence-electron chi connectivity index (χ4n) is 4.76. The molecule has 0 aromatic heterocycles. The van der Waals surface area contributed by atoms with Gasteiger partial charge < -0.3 is 14.5 Å². The van der Waals surface area contributed by atoms with E-state index >= 15 is 0 Å². The summed E-state index contributed by atoms with van der Waals surface area (Å²) >= 11 is 0. The third-order valence-electron chi connectivity index (χ3n) is 6.54. The highest BCUT2D eigenvalue weighted by Crippen LogP contribution is 2.50. The van der Waals surface area contributed by atoms with Crippen molar-refractivity contribution in [3.8, 4) is 0 Å². The molecule has 0 amide bonds. The van der Waals surface area contributed by atoms with Gasteiger partial charge in [0.2, 0.25) is 0 Å². The van der Waals surface area contributed by atoms with Crippen molar-refractivity contribution < 1.29 is 17.9 Å². The van der Waals surface area contributed by atoms with E-state index in [0.717, 1.165) is 29.9 Å². The number of benzene rings is 2. The monoisotopic (exact) mass is 388 g/mol. The average molecular weight is 388 g/mol. The number of hydrogen-bond donors (Lipinski definition) is 0. The van der Waals surface area contributed by atoms with Gasteiger partial charge in [0.05, 0.1) is 12.2 Å². The van der Waals surface area contributed by atoms with Crippen LogP contribution >= 0.6 is 0 Å². The average Bonchev–Trinajstić information content (AvgIpc) is 3.26. The summed E-state index contributed by atoms with van der Waals surface area (Å²) < 4.78 is 45.6. The molecule has 0 bridgehead atoms. The van der Waals surface area contributed by atoms with Crippen molar-refractivity contribution in [2.24, 2.45) is 0 Å². The van der Waals surface area contributed by atoms with Gasteiger partial charge in [0.15, 0.2) is 0 Å². The van der Waals surface area contributed by atoms with E-state index < -0.39 is 11.7 Å². The van der Waals surface area contributed by atoms with E-state index in [1.807, 2.05) is 12.1 Å². The summed E-state index contributed by atoms with van der Waals surface area (Å²) in [6.45, 7) is 4.98. The molecular formula is C22H23F3N2O. The largest absolute Gasteiger partial charge is 0.416 e. The number of rotatable bonds is 2. The summed E-state index contributed by atoms with van der Waals surface area (Å²) in [5.41, 5.74) is 2.89. The Labute approximate surface area is 162 Å². The predicted octanol–water partition coefficient (Wildman–Crippen LogP) is 5.11. The van der Waals surface area contributed by atoms with Gasteiger partial charge >= 0.3 is 6.18 Å². The molecule has 0 aliphatic carbocycles. The van der Waals surface area contributed by atoms with Crippen molar-refractivity contribution in [3.05, 3.63) is 53.6 Å². The molecule has 2 aromatic rings. The zero-order valence-electron chi connectivity index (χ0n) is 15.8. The van der Waals surface area contributed by atoms with E-state index in [1.165, 1.54) is 24.2 Å². The number of halogens is 3. The Morgan fingerprint density at radius 2 is 1.93 bits per heavy atom. The quantitative estimate of drug-likeness (QED) is 0.711. The Bertz CT molecular complexity index is 905. The minimum atomic E-state index is -4.34. The highest BCUT2D eigenvalue weighted by molar-refractivity contribution is 5.75. The molecule has 2 saturated heterocycles. The van der Waals surface area contributed by atoms with Crippen molar-refractivity contribution in [2.45, 2.75) is 37.4 Å². The molecule has 2 unspecified atom stereocenters.